The average Bonchev–Trinajstić information content (AvgIpc) is 2.44. The fourth-order valence-corrected chi connectivity index (χ4v) is 3.19. The minimum atomic E-state index is 0. The summed E-state index contributed by atoms with van der Waals surface area (Å²) in [6.07, 6.45) is 1.11. The van der Waals surface area contributed by atoms with Gasteiger partial charge in [0.15, 0.2) is 0 Å². The molecule has 122 valence electrons. The van der Waals surface area contributed by atoms with Gasteiger partial charge in [-0.1, -0.05) is 36.2 Å². The first kappa shape index (κ1) is 21.0. The van der Waals surface area contributed by atoms with Gasteiger partial charge in [0.2, 0.25) is 0 Å². The molecule has 2 atom stereocenters. The topological polar surface area (TPSA) is 35.5 Å². The van der Waals surface area contributed by atoms with Crippen LogP contribution in [0, 0.1) is 5.92 Å². The molecule has 1 aromatic rings. The highest BCUT2D eigenvalue weighted by atomic mass is 79.9. The van der Waals surface area contributed by atoms with E-state index in [1.807, 2.05) is 6.07 Å². The van der Waals surface area contributed by atoms with Crippen LogP contribution in [0.3, 0.4) is 0 Å². The third kappa shape index (κ3) is 5.29. The molecule has 1 saturated heterocycles. The van der Waals surface area contributed by atoms with Gasteiger partial charge in [-0.15, -0.1) is 24.8 Å². The Kier molecular flexibility index (Phi) is 9.90. The largest absolute Gasteiger partial charge is 0.508 e. The molecule has 1 heterocycles. The highest BCUT2D eigenvalue weighted by Crippen LogP contribution is 2.37. The van der Waals surface area contributed by atoms with Crippen molar-refractivity contribution >= 4 is 40.7 Å². The maximum absolute atomic E-state index is 10.2. The first-order valence-corrected chi connectivity index (χ1v) is 7.86. The van der Waals surface area contributed by atoms with Gasteiger partial charge in [-0.05, 0) is 24.1 Å². The number of hydrogen-bond acceptors (Lipinski definition) is 3. The molecule has 1 aromatic carbocycles. The Morgan fingerprint density at radius 2 is 1.90 bits per heavy atom. The van der Waals surface area contributed by atoms with Crippen LogP contribution in [-0.2, 0) is 0 Å². The number of benzene rings is 1. The van der Waals surface area contributed by atoms with Crippen LogP contribution >= 0.6 is 40.7 Å². The van der Waals surface area contributed by atoms with Crippen molar-refractivity contribution in [2.75, 3.05) is 26.2 Å². The Hall–Kier alpha value is -0.000000000000000111. The Morgan fingerprint density at radius 3 is 2.48 bits per heavy atom. The molecule has 1 unspecified atom stereocenters. The summed E-state index contributed by atoms with van der Waals surface area (Å²) < 4.78 is 1.03. The predicted molar refractivity (Wildman–Crippen MR) is 96.9 cm³/mol. The molecule has 2 N–H and O–H groups in total. The minimum absolute atomic E-state index is 0. The van der Waals surface area contributed by atoms with Gasteiger partial charge in [-0.25, -0.2) is 0 Å². The van der Waals surface area contributed by atoms with E-state index in [0.717, 1.165) is 42.6 Å². The van der Waals surface area contributed by atoms with E-state index in [1.54, 1.807) is 6.07 Å². The molecule has 0 aliphatic carbocycles. The van der Waals surface area contributed by atoms with Crippen LogP contribution in [0.2, 0.25) is 0 Å². The van der Waals surface area contributed by atoms with Crippen molar-refractivity contribution in [3.63, 3.8) is 0 Å². The van der Waals surface area contributed by atoms with Gasteiger partial charge >= 0.3 is 0 Å². The van der Waals surface area contributed by atoms with Crippen LogP contribution in [0.5, 0.6) is 5.75 Å². The number of aromatic hydroxyl groups is 1. The third-order valence-electron chi connectivity index (χ3n) is 4.04. The van der Waals surface area contributed by atoms with Crippen molar-refractivity contribution < 1.29 is 5.11 Å². The standard InChI is InChI=1S/C15H23BrN2O.2ClH/c1-3-11(2)15(18-8-6-17-7-9-18)13-10-12(16)4-5-14(13)19;;/h4-5,10-11,15,17,19H,3,6-9H2,1-2H3;2*1H/t11?,15-;;/m1../s1. The second-order valence-electron chi connectivity index (χ2n) is 5.32. The molecule has 0 radical (unpaired) electrons. The Bertz CT molecular complexity index is 428. The average molecular weight is 400 g/mol. The third-order valence-corrected chi connectivity index (χ3v) is 4.53. The van der Waals surface area contributed by atoms with E-state index in [0.29, 0.717) is 17.7 Å². The lowest BCUT2D eigenvalue weighted by atomic mass is 9.90. The van der Waals surface area contributed by atoms with Gasteiger partial charge in [-0.3, -0.25) is 4.90 Å². The van der Waals surface area contributed by atoms with Gasteiger partial charge in [-0.2, -0.15) is 0 Å². The summed E-state index contributed by atoms with van der Waals surface area (Å²) in [5.41, 5.74) is 1.05. The monoisotopic (exact) mass is 398 g/mol. The van der Waals surface area contributed by atoms with Crippen LogP contribution in [-0.4, -0.2) is 36.2 Å². The van der Waals surface area contributed by atoms with Crippen LogP contribution in [0.25, 0.3) is 0 Å². The molecule has 1 fully saturated rings. The summed E-state index contributed by atoms with van der Waals surface area (Å²) in [5.74, 6) is 0.935. The summed E-state index contributed by atoms with van der Waals surface area (Å²) in [7, 11) is 0. The number of phenolic OH excluding ortho intramolecular Hbond substituents is 1. The van der Waals surface area contributed by atoms with E-state index >= 15 is 0 Å². The number of phenols is 1. The molecule has 3 nitrogen and oxygen atoms in total. The lowest BCUT2D eigenvalue weighted by Gasteiger charge is -2.38. The van der Waals surface area contributed by atoms with Crippen LogP contribution in [0.4, 0.5) is 0 Å². The molecule has 1 aliphatic rings. The normalized spacial score (nSPS) is 18.2. The maximum Gasteiger partial charge on any atom is 0.120 e. The van der Waals surface area contributed by atoms with Gasteiger partial charge in [0.05, 0.1) is 0 Å². The van der Waals surface area contributed by atoms with Crippen molar-refractivity contribution in [2.45, 2.75) is 26.3 Å². The number of halogens is 3. The second kappa shape index (κ2) is 9.90. The Morgan fingerprint density at radius 1 is 1.29 bits per heavy atom. The highest BCUT2D eigenvalue weighted by molar-refractivity contribution is 9.10. The lowest BCUT2D eigenvalue weighted by Crippen LogP contribution is -2.46. The van der Waals surface area contributed by atoms with E-state index in [9.17, 15) is 5.11 Å². The van der Waals surface area contributed by atoms with Crippen LogP contribution < -0.4 is 5.32 Å². The van der Waals surface area contributed by atoms with Crippen molar-refractivity contribution in [2.24, 2.45) is 5.92 Å². The molecular weight excluding hydrogens is 375 g/mol. The molecule has 0 amide bonds. The lowest BCUT2D eigenvalue weighted by molar-refractivity contribution is 0.126. The molecular formula is C15H25BrCl2N2O. The second-order valence-corrected chi connectivity index (χ2v) is 6.24. The van der Waals surface area contributed by atoms with Crippen LogP contribution in [0.15, 0.2) is 22.7 Å². The molecule has 0 saturated carbocycles. The molecule has 21 heavy (non-hydrogen) atoms. The number of piperazine rings is 1. The van der Waals surface area contributed by atoms with Gasteiger partial charge in [0, 0.05) is 42.3 Å². The fourth-order valence-electron chi connectivity index (χ4n) is 2.81. The quantitative estimate of drug-likeness (QED) is 0.803. The molecule has 6 heteroatoms. The fraction of sp³-hybridized carbons (Fsp3) is 0.600. The number of nitrogens with one attached hydrogen (secondary N) is 1. The van der Waals surface area contributed by atoms with E-state index in [4.69, 9.17) is 0 Å². The van der Waals surface area contributed by atoms with E-state index in [1.165, 1.54) is 0 Å². The SMILES string of the molecule is CCC(C)[C@H](c1cc(Br)ccc1O)N1CCNCC1.Cl.Cl. The zero-order valence-corrected chi connectivity index (χ0v) is 15.7. The predicted octanol–water partition coefficient (Wildman–Crippen LogP) is 3.99. The Labute approximate surface area is 148 Å². The molecule has 0 bridgehead atoms. The zero-order valence-electron chi connectivity index (χ0n) is 12.5. The first-order chi connectivity index (χ1) is 9.13. The van der Waals surface area contributed by atoms with Crippen molar-refractivity contribution in [3.8, 4) is 5.75 Å². The number of rotatable bonds is 4. The maximum atomic E-state index is 10.2. The summed E-state index contributed by atoms with van der Waals surface area (Å²) in [5, 5.41) is 13.6. The minimum Gasteiger partial charge on any atom is -0.508 e. The molecule has 0 spiro atoms. The highest BCUT2D eigenvalue weighted by Gasteiger charge is 2.28. The van der Waals surface area contributed by atoms with Crippen molar-refractivity contribution in [1.82, 2.24) is 10.2 Å². The number of hydrogen-bond donors (Lipinski definition) is 2. The summed E-state index contributed by atoms with van der Waals surface area (Å²) in [4.78, 5) is 2.49. The smallest absolute Gasteiger partial charge is 0.120 e. The summed E-state index contributed by atoms with van der Waals surface area (Å²) in [6.45, 7) is 8.63. The van der Waals surface area contributed by atoms with Gasteiger partial charge in [0.1, 0.15) is 5.75 Å². The van der Waals surface area contributed by atoms with Crippen molar-refractivity contribution in [1.29, 1.82) is 0 Å². The summed E-state index contributed by atoms with van der Waals surface area (Å²) in [6, 6.07) is 6.04. The molecule has 0 aromatic heterocycles. The van der Waals surface area contributed by atoms with Gasteiger partial charge < -0.3 is 10.4 Å². The zero-order chi connectivity index (χ0) is 13.8. The van der Waals surface area contributed by atoms with Crippen molar-refractivity contribution in [3.05, 3.63) is 28.2 Å². The van der Waals surface area contributed by atoms with Gasteiger partial charge in [0.25, 0.3) is 0 Å². The molecule has 2 rings (SSSR count). The van der Waals surface area contributed by atoms with E-state index in [-0.39, 0.29) is 24.8 Å². The first-order valence-electron chi connectivity index (χ1n) is 7.06. The molecule has 1 aliphatic heterocycles. The Balaban J connectivity index is 0.00000200. The number of nitrogens with zero attached hydrogens (tertiary/aromatic N) is 1. The van der Waals surface area contributed by atoms with E-state index in [2.05, 4.69) is 46.1 Å². The summed E-state index contributed by atoms with van der Waals surface area (Å²) >= 11 is 3.52. The van der Waals surface area contributed by atoms with Crippen LogP contribution in [0.1, 0.15) is 31.9 Å². The van der Waals surface area contributed by atoms with E-state index < -0.39 is 0 Å².